The number of aliphatic hydroxyl groups is 1. The van der Waals surface area contributed by atoms with Crippen LogP contribution in [0.5, 0.6) is 5.75 Å². The van der Waals surface area contributed by atoms with Gasteiger partial charge in [0.1, 0.15) is 5.75 Å². The van der Waals surface area contributed by atoms with E-state index < -0.39 is 0 Å². The normalized spacial score (nSPS) is 15.1. The quantitative estimate of drug-likeness (QED) is 0.241. The van der Waals surface area contributed by atoms with E-state index in [0.717, 1.165) is 62.8 Å². The van der Waals surface area contributed by atoms with Gasteiger partial charge in [-0.2, -0.15) is 0 Å². The van der Waals surface area contributed by atoms with Crippen LogP contribution < -0.4 is 15.4 Å². The Labute approximate surface area is 215 Å². The fraction of sp³-hybridized carbons (Fsp3) is 0.500. The Morgan fingerprint density at radius 2 is 1.73 bits per heavy atom. The molecule has 1 saturated heterocycles. The molecule has 182 valence electrons. The van der Waals surface area contributed by atoms with Crippen molar-refractivity contribution in [3.05, 3.63) is 64.7 Å². The molecular formula is C26H39IN4O2. The molecule has 0 radical (unpaired) electrons. The zero-order valence-corrected chi connectivity index (χ0v) is 22.5. The Morgan fingerprint density at radius 1 is 1.06 bits per heavy atom. The number of aliphatic hydroxyl groups excluding tert-OH is 1. The number of piperidine rings is 1. The summed E-state index contributed by atoms with van der Waals surface area (Å²) in [7, 11) is 1.79. The first kappa shape index (κ1) is 27.4. The number of aliphatic imine (C=N–C) groups is 1. The number of nitrogens with one attached hydrogen (secondary N) is 2. The van der Waals surface area contributed by atoms with E-state index in [1.165, 1.54) is 16.7 Å². The van der Waals surface area contributed by atoms with E-state index in [1.54, 1.807) is 7.05 Å². The van der Waals surface area contributed by atoms with Crippen molar-refractivity contribution in [2.24, 2.45) is 4.99 Å². The summed E-state index contributed by atoms with van der Waals surface area (Å²) < 4.78 is 5.92. The molecule has 0 spiro atoms. The Balaban J connectivity index is 0.00000385. The summed E-state index contributed by atoms with van der Waals surface area (Å²) in [4.78, 5) is 6.77. The van der Waals surface area contributed by atoms with Crippen LogP contribution in [0.15, 0.2) is 47.5 Å². The van der Waals surface area contributed by atoms with Gasteiger partial charge in [0.2, 0.25) is 0 Å². The predicted octanol–water partition coefficient (Wildman–Crippen LogP) is 4.22. The molecule has 1 heterocycles. The van der Waals surface area contributed by atoms with Crippen molar-refractivity contribution in [3.63, 3.8) is 0 Å². The third kappa shape index (κ3) is 9.14. The summed E-state index contributed by atoms with van der Waals surface area (Å²) in [6, 6.07) is 15.1. The number of guanidine groups is 1. The van der Waals surface area contributed by atoms with Crippen LogP contribution in [0, 0.1) is 6.92 Å². The van der Waals surface area contributed by atoms with E-state index in [-0.39, 0.29) is 30.1 Å². The molecule has 0 atom stereocenters. The van der Waals surface area contributed by atoms with E-state index in [4.69, 9.17) is 4.74 Å². The fourth-order valence-electron chi connectivity index (χ4n) is 3.84. The van der Waals surface area contributed by atoms with Crippen LogP contribution >= 0.6 is 24.0 Å². The lowest BCUT2D eigenvalue weighted by Crippen LogP contribution is -2.36. The Morgan fingerprint density at radius 3 is 2.39 bits per heavy atom. The van der Waals surface area contributed by atoms with Crippen LogP contribution in [-0.2, 0) is 19.6 Å². The van der Waals surface area contributed by atoms with Gasteiger partial charge in [-0.1, -0.05) is 43.3 Å². The van der Waals surface area contributed by atoms with Gasteiger partial charge in [0.05, 0.1) is 12.7 Å². The van der Waals surface area contributed by atoms with Gasteiger partial charge in [-0.25, -0.2) is 0 Å². The molecule has 33 heavy (non-hydrogen) atoms. The molecule has 0 saturated carbocycles. The highest BCUT2D eigenvalue weighted by molar-refractivity contribution is 14.0. The SMILES string of the molecule is CCCOc1cc(C)ccc1CNC(=NC)NCc1ccc(CN2CCC(O)CC2)cc1.I. The van der Waals surface area contributed by atoms with Crippen molar-refractivity contribution in [1.82, 2.24) is 15.5 Å². The van der Waals surface area contributed by atoms with Gasteiger partial charge in [-0.05, 0) is 48.9 Å². The third-order valence-corrected chi connectivity index (χ3v) is 5.80. The summed E-state index contributed by atoms with van der Waals surface area (Å²) in [6.07, 6.45) is 2.62. The lowest BCUT2D eigenvalue weighted by molar-refractivity contribution is 0.0792. The summed E-state index contributed by atoms with van der Waals surface area (Å²) in [6.45, 7) is 9.17. The number of benzene rings is 2. The number of hydrogen-bond donors (Lipinski definition) is 3. The topological polar surface area (TPSA) is 69.1 Å². The molecular weight excluding hydrogens is 527 g/mol. The second-order valence-electron chi connectivity index (χ2n) is 8.56. The lowest BCUT2D eigenvalue weighted by atomic mass is 10.1. The summed E-state index contributed by atoms with van der Waals surface area (Å²) in [5.74, 6) is 1.71. The van der Waals surface area contributed by atoms with Crippen LogP contribution in [0.2, 0.25) is 0 Å². The van der Waals surface area contributed by atoms with E-state index >= 15 is 0 Å². The largest absolute Gasteiger partial charge is 0.493 e. The Kier molecular flexibility index (Phi) is 12.0. The molecule has 7 heteroatoms. The number of ether oxygens (including phenoxy) is 1. The molecule has 0 bridgehead atoms. The highest BCUT2D eigenvalue weighted by Crippen LogP contribution is 2.20. The third-order valence-electron chi connectivity index (χ3n) is 5.80. The molecule has 3 rings (SSSR count). The molecule has 0 aliphatic carbocycles. The van der Waals surface area contributed by atoms with Gasteiger partial charge in [-0.15, -0.1) is 24.0 Å². The number of rotatable bonds is 9. The average molecular weight is 567 g/mol. The number of hydrogen-bond acceptors (Lipinski definition) is 4. The van der Waals surface area contributed by atoms with Crippen molar-refractivity contribution < 1.29 is 9.84 Å². The number of likely N-dealkylation sites (tertiary alicyclic amines) is 1. The zero-order valence-electron chi connectivity index (χ0n) is 20.1. The molecule has 1 aliphatic rings. The van der Waals surface area contributed by atoms with Crippen molar-refractivity contribution in [2.45, 2.75) is 58.8 Å². The highest BCUT2D eigenvalue weighted by atomic mass is 127. The minimum atomic E-state index is -0.121. The molecule has 1 aliphatic heterocycles. The maximum atomic E-state index is 9.66. The summed E-state index contributed by atoms with van der Waals surface area (Å²) in [5, 5.41) is 16.4. The van der Waals surface area contributed by atoms with Gasteiger partial charge >= 0.3 is 0 Å². The molecule has 0 aromatic heterocycles. The van der Waals surface area contributed by atoms with Crippen LogP contribution in [0.4, 0.5) is 0 Å². The molecule has 1 fully saturated rings. The first-order valence-electron chi connectivity index (χ1n) is 11.7. The molecule has 2 aromatic carbocycles. The maximum absolute atomic E-state index is 9.66. The second kappa shape index (κ2) is 14.4. The first-order valence-corrected chi connectivity index (χ1v) is 11.7. The number of halogens is 1. The Bertz CT molecular complexity index is 865. The van der Waals surface area contributed by atoms with Gasteiger partial charge in [-0.3, -0.25) is 9.89 Å². The first-order chi connectivity index (χ1) is 15.6. The van der Waals surface area contributed by atoms with Crippen molar-refractivity contribution in [2.75, 3.05) is 26.7 Å². The van der Waals surface area contributed by atoms with Gasteiger partial charge in [0.15, 0.2) is 5.96 Å². The smallest absolute Gasteiger partial charge is 0.191 e. The molecule has 2 aromatic rings. The van der Waals surface area contributed by atoms with E-state index in [9.17, 15) is 5.11 Å². The molecule has 0 amide bonds. The van der Waals surface area contributed by atoms with E-state index in [2.05, 4.69) is 76.8 Å². The zero-order chi connectivity index (χ0) is 22.8. The summed E-state index contributed by atoms with van der Waals surface area (Å²) >= 11 is 0. The molecule has 6 nitrogen and oxygen atoms in total. The number of nitrogens with zero attached hydrogens (tertiary/aromatic N) is 2. The van der Waals surface area contributed by atoms with Crippen LogP contribution in [0.1, 0.15) is 48.4 Å². The average Bonchev–Trinajstić information content (AvgIpc) is 2.81. The van der Waals surface area contributed by atoms with Crippen LogP contribution in [0.3, 0.4) is 0 Å². The molecule has 3 N–H and O–H groups in total. The standard InChI is InChI=1S/C26H38N4O2.HI/c1-4-15-32-25-16-20(2)5-10-23(25)18-29-26(27-3)28-17-21-6-8-22(9-7-21)19-30-13-11-24(31)12-14-30;/h5-10,16,24,31H,4,11-15,17-19H2,1-3H3,(H2,27,28,29);1H. The number of aryl methyl sites for hydroxylation is 1. The van der Waals surface area contributed by atoms with E-state index in [0.29, 0.717) is 13.1 Å². The van der Waals surface area contributed by atoms with Crippen molar-refractivity contribution in [3.8, 4) is 5.75 Å². The highest BCUT2D eigenvalue weighted by Gasteiger charge is 2.16. The predicted molar refractivity (Wildman–Crippen MR) is 146 cm³/mol. The minimum absolute atomic E-state index is 0. The van der Waals surface area contributed by atoms with Crippen molar-refractivity contribution in [1.29, 1.82) is 0 Å². The van der Waals surface area contributed by atoms with E-state index in [1.807, 2.05) is 0 Å². The maximum Gasteiger partial charge on any atom is 0.191 e. The van der Waals surface area contributed by atoms with Gasteiger partial charge in [0.25, 0.3) is 0 Å². The van der Waals surface area contributed by atoms with Crippen LogP contribution in [0.25, 0.3) is 0 Å². The van der Waals surface area contributed by atoms with Crippen LogP contribution in [-0.4, -0.2) is 48.8 Å². The van der Waals surface area contributed by atoms with Gasteiger partial charge < -0.3 is 20.5 Å². The minimum Gasteiger partial charge on any atom is -0.493 e. The van der Waals surface area contributed by atoms with Crippen molar-refractivity contribution >= 4 is 29.9 Å². The second-order valence-corrected chi connectivity index (χ2v) is 8.56. The Hall–Kier alpha value is -1.84. The lowest BCUT2D eigenvalue weighted by Gasteiger charge is -2.29. The molecule has 0 unspecified atom stereocenters. The van der Waals surface area contributed by atoms with Gasteiger partial charge in [0, 0.05) is 45.3 Å². The fourth-order valence-corrected chi connectivity index (χ4v) is 3.84. The summed E-state index contributed by atoms with van der Waals surface area (Å²) in [5.41, 5.74) is 4.85. The monoisotopic (exact) mass is 566 g/mol.